The van der Waals surface area contributed by atoms with Gasteiger partial charge in [0.2, 0.25) is 10.0 Å². The molecule has 2 fully saturated rings. The minimum absolute atomic E-state index is 0.0284. The van der Waals surface area contributed by atoms with Crippen LogP contribution in [0.3, 0.4) is 0 Å². The highest BCUT2D eigenvalue weighted by Crippen LogP contribution is 2.46. The van der Waals surface area contributed by atoms with Crippen molar-refractivity contribution in [3.05, 3.63) is 29.3 Å². The molecule has 0 radical (unpaired) electrons. The minimum Gasteiger partial charge on any atom is -0.496 e. The molecule has 3 heterocycles. The highest BCUT2D eigenvalue weighted by molar-refractivity contribution is 7.89. The van der Waals surface area contributed by atoms with Gasteiger partial charge in [-0.15, -0.1) is 0 Å². The molecule has 0 aromatic heterocycles. The Balaban J connectivity index is 1.49. The zero-order valence-corrected chi connectivity index (χ0v) is 21.4. The smallest absolute Gasteiger partial charge is 0.278 e. The number of ether oxygens (including phenoxy) is 1. The molecule has 3 aliphatic rings. The Labute approximate surface area is 198 Å². The summed E-state index contributed by atoms with van der Waals surface area (Å²) in [6.45, 7) is 2.54. The lowest BCUT2D eigenvalue weighted by Crippen LogP contribution is -2.57. The number of fused-ring (bicyclic) bond motifs is 4. The number of nitrogens with zero attached hydrogens (tertiary/aromatic N) is 3. The zero-order valence-electron chi connectivity index (χ0n) is 19.7. The molecule has 33 heavy (non-hydrogen) atoms. The normalized spacial score (nSPS) is 26.5. The first-order valence-electron chi connectivity index (χ1n) is 11.7. The summed E-state index contributed by atoms with van der Waals surface area (Å²) in [4.78, 5) is 2.51. The second kappa shape index (κ2) is 9.79. The lowest BCUT2D eigenvalue weighted by Gasteiger charge is -2.52. The van der Waals surface area contributed by atoms with Crippen LogP contribution in [0.15, 0.2) is 18.2 Å². The van der Waals surface area contributed by atoms with E-state index in [1.54, 1.807) is 11.4 Å². The van der Waals surface area contributed by atoms with Crippen molar-refractivity contribution in [3.8, 4) is 5.75 Å². The van der Waals surface area contributed by atoms with Gasteiger partial charge in [-0.3, -0.25) is 4.90 Å². The quantitative estimate of drug-likeness (QED) is 0.539. The van der Waals surface area contributed by atoms with E-state index in [0.29, 0.717) is 12.5 Å². The number of methoxy groups -OCH3 is 1. The van der Waals surface area contributed by atoms with Gasteiger partial charge in [-0.2, -0.15) is 17.0 Å². The molecule has 0 aliphatic carbocycles. The van der Waals surface area contributed by atoms with Crippen molar-refractivity contribution in [2.24, 2.45) is 5.92 Å². The maximum absolute atomic E-state index is 13.3. The van der Waals surface area contributed by atoms with E-state index in [1.165, 1.54) is 25.2 Å². The van der Waals surface area contributed by atoms with Gasteiger partial charge in [0, 0.05) is 57.9 Å². The average molecular weight is 501 g/mol. The van der Waals surface area contributed by atoms with Crippen molar-refractivity contribution in [1.29, 1.82) is 0 Å². The molecule has 3 atom stereocenters. The standard InChI is InChI=1S/C22H36N4O5S2/c1-24(2)33(29,30)23-11-6-14-32(27,28)26-12-5-8-18-16-25-13-10-17-7-4-9-21(31-3)22(17)20(25)15-19(18)26/h4,7,9,18-20,23H,5-6,8,10-16H2,1-3H3/t18-,19+,20-/m0/s1. The Morgan fingerprint density at radius 1 is 1.18 bits per heavy atom. The van der Waals surface area contributed by atoms with Crippen molar-refractivity contribution < 1.29 is 21.6 Å². The fraction of sp³-hybridized carbons (Fsp3) is 0.727. The van der Waals surface area contributed by atoms with E-state index in [2.05, 4.69) is 15.7 Å². The molecule has 3 aliphatic heterocycles. The number of rotatable bonds is 8. The van der Waals surface area contributed by atoms with Crippen molar-refractivity contribution in [2.75, 3.05) is 53.1 Å². The SMILES string of the molecule is COc1cccc2c1[C@@H]1C[C@@H]3[C@@H](CCCN3S(=O)(=O)CCCNS(=O)(=O)N(C)C)CN1CC2. The van der Waals surface area contributed by atoms with Gasteiger partial charge in [-0.1, -0.05) is 12.1 Å². The topological polar surface area (TPSA) is 99.3 Å². The van der Waals surface area contributed by atoms with E-state index in [1.807, 2.05) is 12.1 Å². The third-order valence-electron chi connectivity index (χ3n) is 7.32. The number of benzene rings is 1. The first kappa shape index (κ1) is 24.9. The molecule has 9 nitrogen and oxygen atoms in total. The van der Waals surface area contributed by atoms with Crippen LogP contribution in [0.4, 0.5) is 0 Å². The van der Waals surface area contributed by atoms with Gasteiger partial charge in [-0.05, 0) is 49.7 Å². The van der Waals surface area contributed by atoms with Gasteiger partial charge >= 0.3 is 0 Å². The first-order chi connectivity index (χ1) is 15.6. The molecule has 1 aromatic rings. The van der Waals surface area contributed by atoms with E-state index < -0.39 is 20.2 Å². The Hall–Kier alpha value is -1.24. The van der Waals surface area contributed by atoms with E-state index in [0.717, 1.165) is 48.8 Å². The summed E-state index contributed by atoms with van der Waals surface area (Å²) >= 11 is 0. The van der Waals surface area contributed by atoms with Crippen LogP contribution in [0.25, 0.3) is 0 Å². The third-order valence-corrected chi connectivity index (χ3v) is 10.8. The molecular weight excluding hydrogens is 464 g/mol. The second-order valence-electron chi connectivity index (χ2n) is 9.46. The Kier molecular flexibility index (Phi) is 7.38. The summed E-state index contributed by atoms with van der Waals surface area (Å²) in [6.07, 6.45) is 3.92. The molecule has 186 valence electrons. The monoisotopic (exact) mass is 500 g/mol. The van der Waals surface area contributed by atoms with Crippen LogP contribution in [0.5, 0.6) is 5.75 Å². The Bertz CT molecular complexity index is 1050. The summed E-state index contributed by atoms with van der Waals surface area (Å²) in [5.74, 6) is 1.16. The summed E-state index contributed by atoms with van der Waals surface area (Å²) in [7, 11) is -2.46. The molecule has 2 saturated heterocycles. The fourth-order valence-electron chi connectivity index (χ4n) is 5.65. The van der Waals surface area contributed by atoms with Gasteiger partial charge in [0.15, 0.2) is 0 Å². The van der Waals surface area contributed by atoms with E-state index in [4.69, 9.17) is 4.74 Å². The van der Waals surface area contributed by atoms with Crippen molar-refractivity contribution in [2.45, 2.75) is 44.2 Å². The highest BCUT2D eigenvalue weighted by Gasteiger charge is 2.46. The largest absolute Gasteiger partial charge is 0.496 e. The van der Waals surface area contributed by atoms with E-state index in [-0.39, 0.29) is 30.8 Å². The van der Waals surface area contributed by atoms with Crippen LogP contribution >= 0.6 is 0 Å². The number of hydrogen-bond donors (Lipinski definition) is 1. The van der Waals surface area contributed by atoms with Crippen LogP contribution in [-0.2, 0) is 26.7 Å². The summed E-state index contributed by atoms with van der Waals surface area (Å²) < 4.78 is 61.3. The van der Waals surface area contributed by atoms with E-state index >= 15 is 0 Å². The molecule has 1 N–H and O–H groups in total. The van der Waals surface area contributed by atoms with Crippen LogP contribution in [0, 0.1) is 5.92 Å². The maximum Gasteiger partial charge on any atom is 0.278 e. The lowest BCUT2D eigenvalue weighted by molar-refractivity contribution is 0.0210. The molecule has 0 saturated carbocycles. The number of hydrogen-bond acceptors (Lipinski definition) is 6. The maximum atomic E-state index is 13.3. The van der Waals surface area contributed by atoms with Crippen molar-refractivity contribution in [1.82, 2.24) is 18.2 Å². The Morgan fingerprint density at radius 3 is 2.70 bits per heavy atom. The summed E-state index contributed by atoms with van der Waals surface area (Å²) in [6, 6.07) is 6.32. The zero-order chi connectivity index (χ0) is 23.8. The molecule has 4 rings (SSSR count). The van der Waals surface area contributed by atoms with Crippen LogP contribution in [-0.4, -0.2) is 89.5 Å². The van der Waals surface area contributed by atoms with Gasteiger partial charge in [0.1, 0.15) is 5.75 Å². The van der Waals surface area contributed by atoms with Crippen LogP contribution < -0.4 is 9.46 Å². The third kappa shape index (κ3) is 5.08. The lowest BCUT2D eigenvalue weighted by atomic mass is 9.77. The van der Waals surface area contributed by atoms with Gasteiger partial charge in [-0.25, -0.2) is 13.1 Å². The number of piperidine rings is 2. The molecule has 0 unspecified atom stereocenters. The van der Waals surface area contributed by atoms with Gasteiger partial charge < -0.3 is 4.74 Å². The average Bonchev–Trinajstić information content (AvgIpc) is 2.79. The molecule has 0 amide bonds. The van der Waals surface area contributed by atoms with Gasteiger partial charge in [0.05, 0.1) is 12.9 Å². The molecule has 0 spiro atoms. The minimum atomic E-state index is -3.55. The fourth-order valence-corrected chi connectivity index (χ4v) is 8.14. The summed E-state index contributed by atoms with van der Waals surface area (Å²) in [5, 5.41) is 0. The number of nitrogens with one attached hydrogen (secondary N) is 1. The van der Waals surface area contributed by atoms with Crippen molar-refractivity contribution in [3.63, 3.8) is 0 Å². The van der Waals surface area contributed by atoms with Gasteiger partial charge in [0.25, 0.3) is 10.2 Å². The Morgan fingerprint density at radius 2 is 1.97 bits per heavy atom. The highest BCUT2D eigenvalue weighted by atomic mass is 32.2. The summed E-state index contributed by atoms with van der Waals surface area (Å²) in [5.41, 5.74) is 2.51. The molecule has 11 heteroatoms. The molecule has 1 aromatic carbocycles. The van der Waals surface area contributed by atoms with E-state index in [9.17, 15) is 16.8 Å². The van der Waals surface area contributed by atoms with Crippen LogP contribution in [0.2, 0.25) is 0 Å². The second-order valence-corrected chi connectivity index (χ2v) is 13.5. The predicted molar refractivity (Wildman–Crippen MR) is 128 cm³/mol. The number of sulfonamides is 1. The molecular formula is C22H36N4O5S2. The first-order valence-corrected chi connectivity index (χ1v) is 14.8. The predicted octanol–water partition coefficient (Wildman–Crippen LogP) is 1.19. The molecule has 0 bridgehead atoms. The van der Waals surface area contributed by atoms with Crippen LogP contribution in [0.1, 0.15) is 42.9 Å². The van der Waals surface area contributed by atoms with Crippen molar-refractivity contribution >= 4 is 20.2 Å².